The van der Waals surface area contributed by atoms with Crippen LogP contribution in [0.2, 0.25) is 10.0 Å². The monoisotopic (exact) mass is 463 g/mol. The van der Waals surface area contributed by atoms with Crippen molar-refractivity contribution in [3.05, 3.63) is 87.4 Å². The first kappa shape index (κ1) is 22.2. The Balaban J connectivity index is 1.72. The van der Waals surface area contributed by atoms with Gasteiger partial charge in [0.05, 0.1) is 26.2 Å². The first-order valence-corrected chi connectivity index (χ1v) is 11.7. The van der Waals surface area contributed by atoms with Gasteiger partial charge in [-0.2, -0.15) is 0 Å². The van der Waals surface area contributed by atoms with Crippen LogP contribution in [0, 0.1) is 0 Å². The molecule has 0 amide bonds. The summed E-state index contributed by atoms with van der Waals surface area (Å²) in [5.41, 5.74) is 3.10. The topological polar surface area (TPSA) is 83.5 Å². The lowest BCUT2D eigenvalue weighted by atomic mass is 10.0. The number of carboxylic acid groups (broad SMARTS) is 1. The number of aromatic carboxylic acids is 1. The molecular weight excluding hydrogens is 445 g/mol. The van der Waals surface area contributed by atoms with E-state index in [1.165, 1.54) is 12.1 Å². The fourth-order valence-corrected chi connectivity index (χ4v) is 3.90. The second-order valence-electron chi connectivity index (χ2n) is 6.86. The Morgan fingerprint density at radius 2 is 1.53 bits per heavy atom. The lowest BCUT2D eigenvalue weighted by molar-refractivity contribution is 0.0697. The third-order valence-corrected chi connectivity index (χ3v) is 6.42. The average molecular weight is 464 g/mol. The van der Waals surface area contributed by atoms with Crippen LogP contribution in [-0.4, -0.2) is 25.7 Å². The molecule has 30 heavy (non-hydrogen) atoms. The number of benzene rings is 3. The molecule has 2 N–H and O–H groups in total. The molecule has 0 saturated heterocycles. The van der Waals surface area contributed by atoms with Gasteiger partial charge in [0.2, 0.25) is 0 Å². The van der Waals surface area contributed by atoms with E-state index in [0.29, 0.717) is 21.4 Å². The lowest BCUT2D eigenvalue weighted by Crippen LogP contribution is -2.06. The van der Waals surface area contributed by atoms with Crippen LogP contribution in [0.25, 0.3) is 0 Å². The zero-order chi connectivity index (χ0) is 21.9. The number of rotatable bonds is 7. The Bertz CT molecular complexity index is 1190. The molecular formula is C22H19Cl2NO4S. The summed E-state index contributed by atoms with van der Waals surface area (Å²) in [5.74, 6) is -1.21. The van der Waals surface area contributed by atoms with E-state index in [1.807, 2.05) is 36.4 Å². The zero-order valence-corrected chi connectivity index (χ0v) is 18.4. The third kappa shape index (κ3) is 5.53. The molecule has 8 heteroatoms. The van der Waals surface area contributed by atoms with E-state index in [-0.39, 0.29) is 10.5 Å². The second kappa shape index (κ2) is 9.08. The Labute approximate surface area is 185 Å². The number of sulfone groups is 1. The standard InChI is InChI=1S/C22H19Cl2NO4S/c1-30(28,29)17-9-11-21(18(13-17)22(26)27)25-16-7-4-14(5-8-16)2-3-15-6-10-19(23)20(24)12-15/h4-13,25H,2-3H2,1H3,(H,26,27). The van der Waals surface area contributed by atoms with Crippen molar-refractivity contribution in [2.24, 2.45) is 0 Å². The average Bonchev–Trinajstić information content (AvgIpc) is 2.69. The van der Waals surface area contributed by atoms with Crippen LogP contribution in [0.4, 0.5) is 11.4 Å². The predicted molar refractivity (Wildman–Crippen MR) is 120 cm³/mol. The molecule has 0 aliphatic carbocycles. The Morgan fingerprint density at radius 1 is 0.900 bits per heavy atom. The molecule has 0 radical (unpaired) electrons. The maximum Gasteiger partial charge on any atom is 0.337 e. The van der Waals surface area contributed by atoms with E-state index in [1.54, 1.807) is 6.07 Å². The van der Waals surface area contributed by atoms with Gasteiger partial charge in [-0.05, 0) is 66.4 Å². The quantitative estimate of drug-likeness (QED) is 0.474. The second-order valence-corrected chi connectivity index (χ2v) is 9.69. The zero-order valence-electron chi connectivity index (χ0n) is 16.0. The molecule has 5 nitrogen and oxygen atoms in total. The van der Waals surface area contributed by atoms with Gasteiger partial charge >= 0.3 is 5.97 Å². The summed E-state index contributed by atoms with van der Waals surface area (Å²) in [6, 6.07) is 17.2. The van der Waals surface area contributed by atoms with Crippen molar-refractivity contribution in [2.45, 2.75) is 17.7 Å². The normalized spacial score (nSPS) is 11.3. The van der Waals surface area contributed by atoms with Gasteiger partial charge in [-0.25, -0.2) is 13.2 Å². The Morgan fingerprint density at radius 3 is 2.13 bits per heavy atom. The minimum atomic E-state index is -3.50. The van der Waals surface area contributed by atoms with Crippen LogP contribution in [-0.2, 0) is 22.7 Å². The van der Waals surface area contributed by atoms with Crippen molar-refractivity contribution in [3.8, 4) is 0 Å². The van der Waals surface area contributed by atoms with Crippen molar-refractivity contribution in [1.82, 2.24) is 0 Å². The van der Waals surface area contributed by atoms with E-state index in [0.717, 1.165) is 36.3 Å². The van der Waals surface area contributed by atoms with Crippen molar-refractivity contribution in [1.29, 1.82) is 0 Å². The van der Waals surface area contributed by atoms with Gasteiger partial charge in [0.25, 0.3) is 0 Å². The highest BCUT2D eigenvalue weighted by molar-refractivity contribution is 7.90. The van der Waals surface area contributed by atoms with Gasteiger partial charge in [0.15, 0.2) is 9.84 Å². The number of halogens is 2. The maximum atomic E-state index is 11.7. The number of aryl methyl sites for hydroxylation is 2. The first-order chi connectivity index (χ1) is 14.1. The molecule has 3 aromatic carbocycles. The highest BCUT2D eigenvalue weighted by Gasteiger charge is 2.16. The summed E-state index contributed by atoms with van der Waals surface area (Å²) < 4.78 is 23.4. The predicted octanol–water partition coefficient (Wildman–Crippen LogP) is 5.62. The van der Waals surface area contributed by atoms with Crippen LogP contribution < -0.4 is 5.32 Å². The van der Waals surface area contributed by atoms with Crippen molar-refractivity contribution in [3.63, 3.8) is 0 Å². The number of carbonyl (C=O) groups is 1. The smallest absolute Gasteiger partial charge is 0.337 e. The van der Waals surface area contributed by atoms with Crippen molar-refractivity contribution >= 4 is 50.4 Å². The molecule has 156 valence electrons. The van der Waals surface area contributed by atoms with Crippen LogP contribution in [0.1, 0.15) is 21.5 Å². The van der Waals surface area contributed by atoms with Gasteiger partial charge in [0, 0.05) is 11.9 Å². The van der Waals surface area contributed by atoms with Crippen LogP contribution in [0.5, 0.6) is 0 Å². The SMILES string of the molecule is CS(=O)(=O)c1ccc(Nc2ccc(CCc3ccc(Cl)c(Cl)c3)cc2)c(C(=O)O)c1. The maximum absolute atomic E-state index is 11.7. The fraction of sp³-hybridized carbons (Fsp3) is 0.136. The van der Waals surface area contributed by atoms with Crippen LogP contribution in [0.15, 0.2) is 65.6 Å². The first-order valence-electron chi connectivity index (χ1n) is 9.01. The molecule has 0 aliphatic rings. The summed E-state index contributed by atoms with van der Waals surface area (Å²) in [7, 11) is -3.50. The molecule has 0 heterocycles. The van der Waals surface area contributed by atoms with E-state index >= 15 is 0 Å². The molecule has 0 unspecified atom stereocenters. The highest BCUT2D eigenvalue weighted by Crippen LogP contribution is 2.26. The van der Waals surface area contributed by atoms with Gasteiger partial charge in [-0.3, -0.25) is 0 Å². The molecule has 0 aromatic heterocycles. The van der Waals surface area contributed by atoms with E-state index in [4.69, 9.17) is 23.2 Å². The third-order valence-electron chi connectivity index (χ3n) is 4.57. The molecule has 3 aromatic rings. The number of anilines is 2. The van der Waals surface area contributed by atoms with Crippen LogP contribution in [0.3, 0.4) is 0 Å². The summed E-state index contributed by atoms with van der Waals surface area (Å²) in [6.07, 6.45) is 2.65. The molecule has 0 atom stereocenters. The van der Waals surface area contributed by atoms with E-state index in [9.17, 15) is 18.3 Å². The van der Waals surface area contributed by atoms with Crippen LogP contribution >= 0.6 is 23.2 Å². The minimum Gasteiger partial charge on any atom is -0.478 e. The molecule has 0 saturated carbocycles. The largest absolute Gasteiger partial charge is 0.478 e. The summed E-state index contributed by atoms with van der Waals surface area (Å²) in [4.78, 5) is 11.5. The number of carboxylic acids is 1. The molecule has 0 bridgehead atoms. The number of hydrogen-bond donors (Lipinski definition) is 2. The highest BCUT2D eigenvalue weighted by atomic mass is 35.5. The molecule has 0 aliphatic heterocycles. The molecule has 0 spiro atoms. The minimum absolute atomic E-state index is 0.0388. The van der Waals surface area contributed by atoms with Gasteiger partial charge in [-0.1, -0.05) is 41.4 Å². The summed E-state index contributed by atoms with van der Waals surface area (Å²) in [6.45, 7) is 0. The van der Waals surface area contributed by atoms with Crippen molar-refractivity contribution in [2.75, 3.05) is 11.6 Å². The van der Waals surface area contributed by atoms with Crippen molar-refractivity contribution < 1.29 is 18.3 Å². The summed E-state index contributed by atoms with van der Waals surface area (Å²) >= 11 is 12.0. The van der Waals surface area contributed by atoms with Gasteiger partial charge in [0.1, 0.15) is 0 Å². The number of hydrogen-bond acceptors (Lipinski definition) is 4. The van der Waals surface area contributed by atoms with Gasteiger partial charge < -0.3 is 10.4 Å². The molecule has 3 rings (SSSR count). The van der Waals surface area contributed by atoms with E-state index < -0.39 is 15.8 Å². The fourth-order valence-electron chi connectivity index (χ4n) is 2.93. The Kier molecular flexibility index (Phi) is 6.71. The Hall–Kier alpha value is -2.54. The summed E-state index contributed by atoms with van der Waals surface area (Å²) in [5, 5.41) is 13.5. The molecule has 0 fully saturated rings. The van der Waals surface area contributed by atoms with E-state index in [2.05, 4.69) is 5.32 Å². The van der Waals surface area contributed by atoms with Gasteiger partial charge in [-0.15, -0.1) is 0 Å². The lowest BCUT2D eigenvalue weighted by Gasteiger charge is -2.12. The number of nitrogens with one attached hydrogen (secondary N) is 1.